The predicted molar refractivity (Wildman–Crippen MR) is 92.3 cm³/mol. The first-order valence-corrected chi connectivity index (χ1v) is 8.25. The molecule has 0 aromatic heterocycles. The molecule has 0 radical (unpaired) electrons. The number of nitrogens with one attached hydrogen (secondary N) is 1. The van der Waals surface area contributed by atoms with Crippen LogP contribution in [0.2, 0.25) is 0 Å². The number of amides is 2. The molecule has 0 aliphatic carbocycles. The topological polar surface area (TPSA) is 67.9 Å². The van der Waals surface area contributed by atoms with E-state index < -0.39 is 0 Å². The van der Waals surface area contributed by atoms with Gasteiger partial charge in [0.1, 0.15) is 0 Å². The number of benzene rings is 1. The molecule has 1 aromatic rings. The lowest BCUT2D eigenvalue weighted by Crippen LogP contribution is -2.29. The number of carbonyl (C=O) groups is 2. The lowest BCUT2D eigenvalue weighted by Gasteiger charge is -2.18. The van der Waals surface area contributed by atoms with Crippen LogP contribution in [0.25, 0.3) is 0 Å². The van der Waals surface area contributed by atoms with Gasteiger partial charge in [-0.05, 0) is 24.5 Å². The third-order valence-corrected chi connectivity index (χ3v) is 4.21. The number of hydrogen-bond donors (Lipinski definition) is 1. The Morgan fingerprint density at radius 2 is 2.00 bits per heavy atom. The lowest BCUT2D eigenvalue weighted by atomic mass is 10.1. The van der Waals surface area contributed by atoms with E-state index in [0.717, 1.165) is 13.0 Å². The number of carbonyl (C=O) groups excluding carboxylic acids is 2. The fourth-order valence-electron chi connectivity index (χ4n) is 2.74. The summed E-state index contributed by atoms with van der Waals surface area (Å²) in [5.74, 6) is 1.31. The Balaban J connectivity index is 1.97. The number of methoxy groups -OCH3 is 2. The Bertz CT molecular complexity index is 601. The van der Waals surface area contributed by atoms with E-state index in [4.69, 9.17) is 9.47 Å². The molecule has 6 nitrogen and oxygen atoms in total. The zero-order valence-corrected chi connectivity index (χ0v) is 14.8. The number of anilines is 1. The van der Waals surface area contributed by atoms with Gasteiger partial charge >= 0.3 is 0 Å². The monoisotopic (exact) mass is 334 g/mol. The van der Waals surface area contributed by atoms with Crippen LogP contribution in [0.3, 0.4) is 0 Å². The van der Waals surface area contributed by atoms with E-state index in [1.807, 2.05) is 0 Å². The summed E-state index contributed by atoms with van der Waals surface area (Å²) in [6, 6.07) is 5.21. The molecule has 24 heavy (non-hydrogen) atoms. The van der Waals surface area contributed by atoms with Gasteiger partial charge in [0.2, 0.25) is 11.8 Å². The molecule has 2 amide bonds. The van der Waals surface area contributed by atoms with Crippen LogP contribution in [0.5, 0.6) is 11.5 Å². The number of likely N-dealkylation sites (tertiary alicyclic amines) is 1. The summed E-state index contributed by atoms with van der Waals surface area (Å²) < 4.78 is 10.4. The van der Waals surface area contributed by atoms with Crippen molar-refractivity contribution in [2.45, 2.75) is 26.7 Å². The lowest BCUT2D eigenvalue weighted by molar-refractivity contribution is -0.128. The van der Waals surface area contributed by atoms with Crippen LogP contribution in [0.15, 0.2) is 18.2 Å². The van der Waals surface area contributed by atoms with Crippen LogP contribution in [-0.4, -0.2) is 44.0 Å². The fraction of sp³-hybridized carbons (Fsp3) is 0.556. The summed E-state index contributed by atoms with van der Waals surface area (Å²) in [6.07, 6.45) is 1.23. The molecule has 0 saturated carbocycles. The van der Waals surface area contributed by atoms with Gasteiger partial charge in [-0.3, -0.25) is 9.59 Å². The normalized spacial score (nSPS) is 17.3. The van der Waals surface area contributed by atoms with Gasteiger partial charge in [0.25, 0.3) is 0 Å². The van der Waals surface area contributed by atoms with E-state index in [0.29, 0.717) is 29.6 Å². The van der Waals surface area contributed by atoms with Gasteiger partial charge in [-0.2, -0.15) is 0 Å². The quantitative estimate of drug-likeness (QED) is 0.832. The average Bonchev–Trinajstić information content (AvgIpc) is 2.93. The summed E-state index contributed by atoms with van der Waals surface area (Å²) in [6.45, 7) is 5.46. The molecule has 1 aliphatic rings. The number of nitrogens with zero attached hydrogens (tertiary/aromatic N) is 1. The minimum atomic E-state index is -0.308. The van der Waals surface area contributed by atoms with Gasteiger partial charge in [0, 0.05) is 31.3 Å². The third kappa shape index (κ3) is 4.40. The highest BCUT2D eigenvalue weighted by molar-refractivity contribution is 5.97. The Kier molecular flexibility index (Phi) is 6.06. The van der Waals surface area contributed by atoms with Crippen LogP contribution in [0, 0.1) is 11.8 Å². The van der Waals surface area contributed by atoms with E-state index >= 15 is 0 Å². The first-order valence-electron chi connectivity index (χ1n) is 8.25. The molecule has 1 fully saturated rings. The van der Waals surface area contributed by atoms with Crippen LogP contribution in [0.4, 0.5) is 5.69 Å². The van der Waals surface area contributed by atoms with Crippen molar-refractivity contribution in [3.63, 3.8) is 0 Å². The molecule has 1 aromatic carbocycles. The molecular weight excluding hydrogens is 308 g/mol. The van der Waals surface area contributed by atoms with Crippen molar-refractivity contribution >= 4 is 17.5 Å². The smallest absolute Gasteiger partial charge is 0.229 e. The molecule has 1 heterocycles. The minimum absolute atomic E-state index is 0.0584. The van der Waals surface area contributed by atoms with Gasteiger partial charge in [-0.1, -0.05) is 13.8 Å². The second-order valence-corrected chi connectivity index (χ2v) is 6.48. The predicted octanol–water partition coefficient (Wildman–Crippen LogP) is 2.54. The summed E-state index contributed by atoms with van der Waals surface area (Å²) >= 11 is 0. The molecular formula is C18H26N2O4. The van der Waals surface area contributed by atoms with Crippen molar-refractivity contribution in [3.8, 4) is 11.5 Å². The molecule has 1 N–H and O–H groups in total. The summed E-state index contributed by atoms with van der Waals surface area (Å²) in [4.78, 5) is 26.3. The first-order chi connectivity index (χ1) is 11.4. The summed E-state index contributed by atoms with van der Waals surface area (Å²) in [5, 5.41) is 2.86. The van der Waals surface area contributed by atoms with Crippen molar-refractivity contribution in [1.82, 2.24) is 4.90 Å². The van der Waals surface area contributed by atoms with Crippen molar-refractivity contribution in [2.24, 2.45) is 11.8 Å². The highest BCUT2D eigenvalue weighted by Gasteiger charge is 2.34. The zero-order chi connectivity index (χ0) is 17.7. The second-order valence-electron chi connectivity index (χ2n) is 6.48. The molecule has 1 atom stereocenters. The molecule has 1 aliphatic heterocycles. The third-order valence-electron chi connectivity index (χ3n) is 4.21. The maximum Gasteiger partial charge on any atom is 0.229 e. The van der Waals surface area contributed by atoms with Gasteiger partial charge < -0.3 is 19.7 Å². The second kappa shape index (κ2) is 8.04. The van der Waals surface area contributed by atoms with Crippen LogP contribution in [0.1, 0.15) is 26.7 Å². The Morgan fingerprint density at radius 3 is 2.62 bits per heavy atom. The Labute approximate surface area is 143 Å². The van der Waals surface area contributed by atoms with E-state index in [2.05, 4.69) is 19.2 Å². The molecule has 0 bridgehead atoms. The average molecular weight is 334 g/mol. The minimum Gasteiger partial charge on any atom is -0.493 e. The molecule has 1 unspecified atom stereocenters. The summed E-state index contributed by atoms with van der Waals surface area (Å²) in [5.41, 5.74) is 0.630. The van der Waals surface area contributed by atoms with Crippen LogP contribution < -0.4 is 14.8 Å². The number of hydrogen-bond acceptors (Lipinski definition) is 4. The summed E-state index contributed by atoms with van der Waals surface area (Å²) in [7, 11) is 3.11. The zero-order valence-electron chi connectivity index (χ0n) is 14.8. The first kappa shape index (κ1) is 18.1. The molecule has 0 spiro atoms. The molecule has 2 rings (SSSR count). The molecule has 132 valence electrons. The van der Waals surface area contributed by atoms with Gasteiger partial charge in [-0.25, -0.2) is 0 Å². The Morgan fingerprint density at radius 1 is 1.29 bits per heavy atom. The largest absolute Gasteiger partial charge is 0.493 e. The van der Waals surface area contributed by atoms with Crippen LogP contribution >= 0.6 is 0 Å². The van der Waals surface area contributed by atoms with E-state index in [1.165, 1.54) is 0 Å². The van der Waals surface area contributed by atoms with E-state index in [1.54, 1.807) is 37.3 Å². The van der Waals surface area contributed by atoms with Gasteiger partial charge in [0.15, 0.2) is 11.5 Å². The highest BCUT2D eigenvalue weighted by Crippen LogP contribution is 2.30. The van der Waals surface area contributed by atoms with Crippen molar-refractivity contribution in [1.29, 1.82) is 0 Å². The molecule has 1 saturated heterocycles. The number of rotatable bonds is 7. The van der Waals surface area contributed by atoms with Crippen molar-refractivity contribution in [2.75, 3.05) is 32.6 Å². The SMILES string of the molecule is COc1ccc(NC(=O)C2CC(=O)N(CCC(C)C)C2)cc1OC. The van der Waals surface area contributed by atoms with E-state index in [9.17, 15) is 9.59 Å². The maximum atomic E-state index is 12.4. The highest BCUT2D eigenvalue weighted by atomic mass is 16.5. The van der Waals surface area contributed by atoms with E-state index in [-0.39, 0.29) is 24.2 Å². The van der Waals surface area contributed by atoms with Crippen LogP contribution in [-0.2, 0) is 9.59 Å². The van der Waals surface area contributed by atoms with Crippen molar-refractivity contribution < 1.29 is 19.1 Å². The van der Waals surface area contributed by atoms with Gasteiger partial charge in [-0.15, -0.1) is 0 Å². The standard InChI is InChI=1S/C18H26N2O4/c1-12(2)7-8-20-11-13(9-17(20)21)18(22)19-14-5-6-15(23-3)16(10-14)24-4/h5-6,10,12-13H,7-9,11H2,1-4H3,(H,19,22). The van der Waals surface area contributed by atoms with Gasteiger partial charge in [0.05, 0.1) is 20.1 Å². The Hall–Kier alpha value is -2.24. The molecule has 6 heteroatoms. The maximum absolute atomic E-state index is 12.4. The fourth-order valence-corrected chi connectivity index (χ4v) is 2.74. The number of ether oxygens (including phenoxy) is 2. The van der Waals surface area contributed by atoms with Crippen molar-refractivity contribution in [3.05, 3.63) is 18.2 Å².